The molecule has 0 aliphatic heterocycles. The van der Waals surface area contributed by atoms with Crippen LogP contribution in [-0.2, 0) is 6.54 Å². The van der Waals surface area contributed by atoms with Gasteiger partial charge in [-0.15, -0.1) is 0 Å². The van der Waals surface area contributed by atoms with Crippen LogP contribution in [0.25, 0.3) is 0 Å². The summed E-state index contributed by atoms with van der Waals surface area (Å²) in [5.41, 5.74) is 2.95. The van der Waals surface area contributed by atoms with E-state index in [0.29, 0.717) is 13.1 Å². The second-order valence-corrected chi connectivity index (χ2v) is 5.07. The molecule has 0 unspecified atom stereocenters. The summed E-state index contributed by atoms with van der Waals surface area (Å²) in [6.45, 7) is -1.52. The molecule has 0 saturated carbocycles. The van der Waals surface area contributed by atoms with Gasteiger partial charge >= 0.3 is 6.61 Å². The van der Waals surface area contributed by atoms with Gasteiger partial charge in [-0.25, -0.2) is 0 Å². The van der Waals surface area contributed by atoms with E-state index < -0.39 is 6.61 Å². The van der Waals surface area contributed by atoms with E-state index in [1.54, 1.807) is 12.1 Å². The molecule has 0 atom stereocenters. The topological polar surface area (TPSA) is 44.7 Å². The first-order chi connectivity index (χ1) is 11.1. The Morgan fingerprint density at radius 3 is 2.30 bits per heavy atom. The second-order valence-electron chi connectivity index (χ2n) is 5.07. The summed E-state index contributed by atoms with van der Waals surface area (Å²) >= 11 is 0. The third-order valence-corrected chi connectivity index (χ3v) is 3.39. The highest BCUT2D eigenvalue weighted by molar-refractivity contribution is 5.54. The van der Waals surface area contributed by atoms with Crippen LogP contribution in [0.1, 0.15) is 5.56 Å². The van der Waals surface area contributed by atoms with E-state index >= 15 is 0 Å². The van der Waals surface area contributed by atoms with Crippen molar-refractivity contribution >= 4 is 11.4 Å². The lowest BCUT2D eigenvalue weighted by atomic mass is 10.2. The van der Waals surface area contributed by atoms with Crippen molar-refractivity contribution < 1.29 is 18.6 Å². The summed E-state index contributed by atoms with van der Waals surface area (Å²) in [6, 6.07) is 14.4. The zero-order valence-electron chi connectivity index (χ0n) is 12.9. The first-order valence-electron chi connectivity index (χ1n) is 7.28. The van der Waals surface area contributed by atoms with Gasteiger partial charge in [0, 0.05) is 31.5 Å². The van der Waals surface area contributed by atoms with Crippen molar-refractivity contribution in [2.75, 3.05) is 30.4 Å². The normalized spacial score (nSPS) is 10.7. The quantitative estimate of drug-likeness (QED) is 0.782. The molecule has 0 spiro atoms. The van der Waals surface area contributed by atoms with E-state index in [0.717, 1.165) is 16.9 Å². The second kappa shape index (κ2) is 8.33. The van der Waals surface area contributed by atoms with E-state index in [4.69, 9.17) is 5.11 Å². The fourth-order valence-corrected chi connectivity index (χ4v) is 2.11. The van der Waals surface area contributed by atoms with Gasteiger partial charge in [0.2, 0.25) is 0 Å². The molecule has 0 aliphatic carbocycles. The molecular formula is C17H20F2N2O2. The summed E-state index contributed by atoms with van der Waals surface area (Å²) in [5.74, 6) is 0.153. The molecule has 0 fully saturated rings. The highest BCUT2D eigenvalue weighted by atomic mass is 19.3. The van der Waals surface area contributed by atoms with Crippen LogP contribution in [0.4, 0.5) is 20.2 Å². The number of hydrogen-bond acceptors (Lipinski definition) is 4. The van der Waals surface area contributed by atoms with Crippen LogP contribution in [0.15, 0.2) is 48.5 Å². The number of hydrogen-bond donors (Lipinski definition) is 2. The largest absolute Gasteiger partial charge is 0.435 e. The summed E-state index contributed by atoms with van der Waals surface area (Å²) in [6.07, 6.45) is 0. The number of nitrogens with zero attached hydrogens (tertiary/aromatic N) is 1. The van der Waals surface area contributed by atoms with Crippen molar-refractivity contribution in [2.45, 2.75) is 13.2 Å². The number of rotatable bonds is 8. The van der Waals surface area contributed by atoms with Gasteiger partial charge in [0.25, 0.3) is 0 Å². The number of anilines is 2. The fourth-order valence-electron chi connectivity index (χ4n) is 2.11. The monoisotopic (exact) mass is 322 g/mol. The SMILES string of the molecule is CN(CCO)c1ccc(NCc2ccc(OC(F)F)cc2)cc1. The zero-order valence-corrected chi connectivity index (χ0v) is 12.9. The summed E-state index contributed by atoms with van der Waals surface area (Å²) < 4.78 is 28.5. The first-order valence-corrected chi connectivity index (χ1v) is 7.28. The molecule has 0 radical (unpaired) electrons. The van der Waals surface area contributed by atoms with Gasteiger partial charge in [-0.3, -0.25) is 0 Å². The molecular weight excluding hydrogens is 302 g/mol. The molecule has 6 heteroatoms. The van der Waals surface area contributed by atoms with Gasteiger partial charge in [0.1, 0.15) is 5.75 Å². The molecule has 23 heavy (non-hydrogen) atoms. The van der Waals surface area contributed by atoms with Gasteiger partial charge in [0.15, 0.2) is 0 Å². The third kappa shape index (κ3) is 5.41. The van der Waals surface area contributed by atoms with E-state index in [-0.39, 0.29) is 12.4 Å². The fraction of sp³-hybridized carbons (Fsp3) is 0.294. The number of alkyl halides is 2. The molecule has 0 saturated heterocycles. The van der Waals surface area contributed by atoms with E-state index in [1.807, 2.05) is 36.2 Å². The predicted octanol–water partition coefficient (Wildman–Crippen LogP) is 3.33. The number of halogens is 2. The third-order valence-electron chi connectivity index (χ3n) is 3.39. The Morgan fingerprint density at radius 2 is 1.74 bits per heavy atom. The molecule has 2 aromatic rings. The molecule has 0 amide bonds. The minimum atomic E-state index is -2.80. The smallest absolute Gasteiger partial charge is 0.387 e. The van der Waals surface area contributed by atoms with Gasteiger partial charge < -0.3 is 20.1 Å². The average Bonchev–Trinajstić information content (AvgIpc) is 2.54. The highest BCUT2D eigenvalue weighted by Crippen LogP contribution is 2.18. The lowest BCUT2D eigenvalue weighted by molar-refractivity contribution is -0.0498. The highest BCUT2D eigenvalue weighted by Gasteiger charge is 2.04. The number of likely N-dealkylation sites (N-methyl/N-ethyl adjacent to an activating group) is 1. The average molecular weight is 322 g/mol. The Bertz CT molecular complexity index is 589. The number of ether oxygens (including phenoxy) is 1. The van der Waals surface area contributed by atoms with Crippen molar-refractivity contribution in [3.05, 3.63) is 54.1 Å². The van der Waals surface area contributed by atoms with E-state index in [1.165, 1.54) is 12.1 Å². The Kier molecular flexibility index (Phi) is 6.17. The number of benzene rings is 2. The minimum absolute atomic E-state index is 0.113. The molecule has 0 bridgehead atoms. The maximum Gasteiger partial charge on any atom is 0.387 e. The maximum atomic E-state index is 12.1. The Hall–Kier alpha value is -2.34. The van der Waals surface area contributed by atoms with Crippen molar-refractivity contribution in [3.8, 4) is 5.75 Å². The van der Waals surface area contributed by atoms with Crippen LogP contribution in [0.2, 0.25) is 0 Å². The number of nitrogens with one attached hydrogen (secondary N) is 1. The maximum absolute atomic E-state index is 12.1. The molecule has 2 aromatic carbocycles. The molecule has 0 aliphatic rings. The van der Waals surface area contributed by atoms with Crippen LogP contribution < -0.4 is 15.0 Å². The molecule has 0 heterocycles. The molecule has 124 valence electrons. The van der Waals surface area contributed by atoms with E-state index in [2.05, 4.69) is 10.1 Å². The predicted molar refractivity (Wildman–Crippen MR) is 87.2 cm³/mol. The van der Waals surface area contributed by atoms with Gasteiger partial charge in [-0.2, -0.15) is 8.78 Å². The standard InChI is InChI=1S/C17H20F2N2O2/c1-21(10-11-22)15-6-4-14(5-7-15)20-12-13-2-8-16(9-3-13)23-17(18)19/h2-9,17,20,22H,10-12H2,1H3. The zero-order chi connectivity index (χ0) is 16.7. The first kappa shape index (κ1) is 17.0. The molecule has 2 N–H and O–H groups in total. The van der Waals surface area contributed by atoms with Crippen molar-refractivity contribution in [3.63, 3.8) is 0 Å². The van der Waals surface area contributed by atoms with E-state index in [9.17, 15) is 8.78 Å². The lowest BCUT2D eigenvalue weighted by Gasteiger charge is -2.18. The Morgan fingerprint density at radius 1 is 1.09 bits per heavy atom. The van der Waals surface area contributed by atoms with Gasteiger partial charge in [-0.05, 0) is 42.0 Å². The van der Waals surface area contributed by atoms with Gasteiger partial charge in [0.05, 0.1) is 6.61 Å². The molecule has 4 nitrogen and oxygen atoms in total. The van der Waals surface area contributed by atoms with Crippen LogP contribution in [0.5, 0.6) is 5.75 Å². The number of aliphatic hydroxyl groups excluding tert-OH is 1. The molecule has 2 rings (SSSR count). The van der Waals surface area contributed by atoms with Crippen LogP contribution >= 0.6 is 0 Å². The van der Waals surface area contributed by atoms with Crippen molar-refractivity contribution in [2.24, 2.45) is 0 Å². The van der Waals surface area contributed by atoms with Crippen LogP contribution in [0, 0.1) is 0 Å². The van der Waals surface area contributed by atoms with Crippen molar-refractivity contribution in [1.82, 2.24) is 0 Å². The number of aliphatic hydroxyl groups is 1. The minimum Gasteiger partial charge on any atom is -0.435 e. The summed E-state index contributed by atoms with van der Waals surface area (Å²) in [5, 5.41) is 12.2. The van der Waals surface area contributed by atoms with Crippen molar-refractivity contribution in [1.29, 1.82) is 0 Å². The van der Waals surface area contributed by atoms with Gasteiger partial charge in [-0.1, -0.05) is 12.1 Å². The Labute approximate surface area is 134 Å². The summed E-state index contributed by atoms with van der Waals surface area (Å²) in [4.78, 5) is 1.96. The Balaban J connectivity index is 1.88. The van der Waals surface area contributed by atoms with Crippen LogP contribution in [0.3, 0.4) is 0 Å². The van der Waals surface area contributed by atoms with Crippen LogP contribution in [-0.4, -0.2) is 31.9 Å². The lowest BCUT2D eigenvalue weighted by Crippen LogP contribution is -2.20. The summed E-state index contributed by atoms with van der Waals surface area (Å²) in [7, 11) is 1.92. The molecule has 0 aromatic heterocycles.